The van der Waals surface area contributed by atoms with Gasteiger partial charge >= 0.3 is 11.6 Å². The number of hydrogen-bond donors (Lipinski definition) is 3. The lowest BCUT2D eigenvalue weighted by molar-refractivity contribution is -0.146. The van der Waals surface area contributed by atoms with Crippen LogP contribution in [0.5, 0.6) is 11.8 Å². The zero-order chi connectivity index (χ0) is 31.6. The molecule has 5 rings (SSSR count). The molecule has 2 aliphatic rings. The lowest BCUT2D eigenvalue weighted by atomic mass is 9.90. The number of aromatic nitrogens is 1. The highest BCUT2D eigenvalue weighted by atomic mass is 16.7. The van der Waals surface area contributed by atoms with Crippen molar-refractivity contribution < 1.29 is 48.0 Å². The van der Waals surface area contributed by atoms with Crippen LogP contribution in [0.15, 0.2) is 33.5 Å². The van der Waals surface area contributed by atoms with E-state index in [2.05, 4.69) is 16.3 Å². The number of hydrogen-bond acceptors (Lipinski definition) is 12. The third-order valence-electron chi connectivity index (χ3n) is 7.55. The smallest absolute Gasteiger partial charge is 0.349 e. The van der Waals surface area contributed by atoms with Crippen molar-refractivity contribution in [3.05, 3.63) is 51.4 Å². The highest BCUT2D eigenvalue weighted by Gasteiger charge is 2.27. The van der Waals surface area contributed by atoms with Crippen molar-refractivity contribution >= 4 is 28.5 Å². The van der Waals surface area contributed by atoms with E-state index in [4.69, 9.17) is 28.2 Å². The number of nitrogens with one attached hydrogen (secondary N) is 1. The molecule has 0 saturated carbocycles. The number of aryl methyl sites for hydroxylation is 2. The van der Waals surface area contributed by atoms with Crippen LogP contribution < -0.4 is 20.7 Å². The number of anilines is 1. The van der Waals surface area contributed by atoms with Gasteiger partial charge < -0.3 is 48.6 Å². The molecule has 0 radical (unpaired) electrons. The van der Waals surface area contributed by atoms with E-state index in [9.17, 15) is 24.6 Å². The summed E-state index contributed by atoms with van der Waals surface area (Å²) in [6, 6.07) is 6.09. The molecule has 2 aromatic heterocycles. The summed E-state index contributed by atoms with van der Waals surface area (Å²) in [6.07, 6.45) is 3.90. The monoisotopic (exact) mass is 629 g/mol. The number of fused-ring (bicyclic) bond motifs is 2. The summed E-state index contributed by atoms with van der Waals surface area (Å²) >= 11 is 0. The van der Waals surface area contributed by atoms with E-state index in [1.807, 2.05) is 0 Å². The molecule has 0 saturated heterocycles. The molecule has 3 N–H and O–H groups in total. The van der Waals surface area contributed by atoms with Crippen LogP contribution >= 0.6 is 0 Å². The van der Waals surface area contributed by atoms with Crippen LogP contribution in [0.25, 0.3) is 11.0 Å². The summed E-state index contributed by atoms with van der Waals surface area (Å²) in [5, 5.41) is 22.4. The standard InChI is InChI=1S/C31H39N3O11/c35-25-5-6-26(36)34(25)45-27(37)7-11-40-13-15-42-17-18-43-16-14-41-12-8-32-30(38)24-20-22-19-21-3-1-9-33-10-2-4-23(28(21)33)29(22)44-31(24)39/h5-6,19-20,35-36H,1-4,7-18H2,(H,32,38). The summed E-state index contributed by atoms with van der Waals surface area (Å²) in [7, 11) is 0. The van der Waals surface area contributed by atoms with E-state index in [-0.39, 0.29) is 50.1 Å². The summed E-state index contributed by atoms with van der Waals surface area (Å²) < 4.78 is 28.0. The van der Waals surface area contributed by atoms with Crippen LogP contribution in [-0.4, -0.2) is 99.3 Å². The van der Waals surface area contributed by atoms with Crippen molar-refractivity contribution in [3.63, 3.8) is 0 Å². The lowest BCUT2D eigenvalue weighted by Gasteiger charge is -2.37. The Morgan fingerprint density at radius 1 is 0.844 bits per heavy atom. The van der Waals surface area contributed by atoms with E-state index in [0.717, 1.165) is 49.7 Å². The maximum absolute atomic E-state index is 12.7. The van der Waals surface area contributed by atoms with Crippen LogP contribution in [0, 0.1) is 0 Å². The molecule has 1 amide bonds. The molecule has 4 heterocycles. The average molecular weight is 630 g/mol. The maximum Gasteiger partial charge on any atom is 0.349 e. The average Bonchev–Trinajstić information content (AvgIpc) is 3.35. The summed E-state index contributed by atoms with van der Waals surface area (Å²) in [5.41, 5.74) is 3.51. The summed E-state index contributed by atoms with van der Waals surface area (Å²) in [4.78, 5) is 44.3. The fourth-order valence-electron chi connectivity index (χ4n) is 5.50. The second kappa shape index (κ2) is 15.8. The Morgan fingerprint density at radius 3 is 2.16 bits per heavy atom. The van der Waals surface area contributed by atoms with Crippen LogP contribution in [0.3, 0.4) is 0 Å². The minimum atomic E-state index is -0.674. The zero-order valence-electron chi connectivity index (χ0n) is 25.1. The quantitative estimate of drug-likeness (QED) is 0.146. The van der Waals surface area contributed by atoms with Crippen LogP contribution in [0.1, 0.15) is 40.7 Å². The number of aromatic hydroxyl groups is 2. The molecule has 0 unspecified atom stereocenters. The number of nitrogens with zero attached hydrogens (tertiary/aromatic N) is 2. The number of rotatable bonds is 17. The Labute approximate surface area is 259 Å². The third kappa shape index (κ3) is 8.34. The first-order valence-electron chi connectivity index (χ1n) is 15.2. The lowest BCUT2D eigenvalue weighted by Crippen LogP contribution is -2.35. The Morgan fingerprint density at radius 2 is 1.47 bits per heavy atom. The topological polar surface area (TPSA) is 171 Å². The Bertz CT molecular complexity index is 1510. The largest absolute Gasteiger partial charge is 0.492 e. The number of ether oxygens (including phenoxy) is 4. The fourth-order valence-corrected chi connectivity index (χ4v) is 5.50. The molecule has 3 aromatic rings. The predicted molar refractivity (Wildman–Crippen MR) is 161 cm³/mol. The van der Waals surface area contributed by atoms with Gasteiger partial charge in [0.15, 0.2) is 0 Å². The fraction of sp³-hybridized carbons (Fsp3) is 0.516. The maximum atomic E-state index is 12.7. The summed E-state index contributed by atoms with van der Waals surface area (Å²) in [6.45, 7) is 4.61. The molecule has 0 aliphatic carbocycles. The predicted octanol–water partition coefficient (Wildman–Crippen LogP) is 1.55. The van der Waals surface area contributed by atoms with E-state index in [0.29, 0.717) is 43.3 Å². The van der Waals surface area contributed by atoms with Gasteiger partial charge in [0.2, 0.25) is 11.8 Å². The van der Waals surface area contributed by atoms with Crippen molar-refractivity contribution in [3.8, 4) is 11.8 Å². The molecule has 45 heavy (non-hydrogen) atoms. The first-order chi connectivity index (χ1) is 21.9. The van der Waals surface area contributed by atoms with E-state index < -0.39 is 17.5 Å². The number of carbonyl (C=O) groups is 2. The molecule has 14 heteroatoms. The van der Waals surface area contributed by atoms with Gasteiger partial charge in [-0.2, -0.15) is 0 Å². The molecule has 0 fully saturated rings. The minimum Gasteiger partial charge on any atom is -0.492 e. The summed E-state index contributed by atoms with van der Waals surface area (Å²) in [5.74, 6) is -1.94. The second-order valence-electron chi connectivity index (χ2n) is 10.7. The van der Waals surface area contributed by atoms with Gasteiger partial charge in [0.25, 0.3) is 5.91 Å². The Balaban J connectivity index is 0.891. The van der Waals surface area contributed by atoms with Gasteiger partial charge in [0.05, 0.1) is 59.3 Å². The Kier molecular flexibility index (Phi) is 11.3. The van der Waals surface area contributed by atoms with Gasteiger partial charge in [-0.25, -0.2) is 9.59 Å². The van der Waals surface area contributed by atoms with Crippen molar-refractivity contribution in [1.29, 1.82) is 0 Å². The molecular weight excluding hydrogens is 590 g/mol. The molecular formula is C31H39N3O11. The minimum absolute atomic E-state index is 0.00973. The SMILES string of the molecule is O=C(CCOCCOCCOCCOCCNC(=O)c1cc2cc3c4c(c2oc1=O)CCCN4CCC3)On1c(O)ccc1O. The second-order valence-corrected chi connectivity index (χ2v) is 10.7. The van der Waals surface area contributed by atoms with E-state index in [1.165, 1.54) is 23.4 Å². The molecule has 244 valence electrons. The van der Waals surface area contributed by atoms with Crippen LogP contribution in [-0.2, 0) is 36.6 Å². The van der Waals surface area contributed by atoms with Crippen LogP contribution in [0.4, 0.5) is 5.69 Å². The van der Waals surface area contributed by atoms with Crippen molar-refractivity contribution in [1.82, 2.24) is 10.0 Å². The molecule has 14 nitrogen and oxygen atoms in total. The van der Waals surface area contributed by atoms with Gasteiger partial charge in [-0.3, -0.25) is 4.79 Å². The number of amides is 1. The van der Waals surface area contributed by atoms with Gasteiger partial charge in [0.1, 0.15) is 11.1 Å². The number of benzene rings is 1. The van der Waals surface area contributed by atoms with Crippen molar-refractivity contribution in [2.45, 2.75) is 32.1 Å². The molecule has 0 bridgehead atoms. The first kappa shape index (κ1) is 32.3. The molecule has 0 atom stereocenters. The van der Waals surface area contributed by atoms with Gasteiger partial charge in [-0.05, 0) is 43.4 Å². The number of carbonyl (C=O) groups excluding carboxylic acids is 2. The zero-order valence-corrected chi connectivity index (χ0v) is 25.1. The van der Waals surface area contributed by atoms with E-state index in [1.54, 1.807) is 6.07 Å². The van der Waals surface area contributed by atoms with Gasteiger partial charge in [-0.15, -0.1) is 4.73 Å². The Hall–Kier alpha value is -4.11. The normalized spacial score (nSPS) is 14.0. The molecule has 1 aromatic carbocycles. The third-order valence-corrected chi connectivity index (χ3v) is 7.55. The first-order valence-corrected chi connectivity index (χ1v) is 15.2. The van der Waals surface area contributed by atoms with Gasteiger partial charge in [0, 0.05) is 48.4 Å². The van der Waals surface area contributed by atoms with Gasteiger partial charge in [-0.1, -0.05) is 0 Å². The van der Waals surface area contributed by atoms with Crippen LogP contribution in [0.2, 0.25) is 0 Å². The molecule has 2 aliphatic heterocycles. The highest BCUT2D eigenvalue weighted by Crippen LogP contribution is 2.39. The highest BCUT2D eigenvalue weighted by molar-refractivity contribution is 5.98. The van der Waals surface area contributed by atoms with E-state index >= 15 is 0 Å². The van der Waals surface area contributed by atoms with Crippen molar-refractivity contribution in [2.75, 3.05) is 77.4 Å². The van der Waals surface area contributed by atoms with Crippen molar-refractivity contribution in [2.24, 2.45) is 0 Å². The molecule has 0 spiro atoms.